The van der Waals surface area contributed by atoms with E-state index < -0.39 is 0 Å². The molecule has 28 heavy (non-hydrogen) atoms. The number of halogens is 1. The van der Waals surface area contributed by atoms with E-state index in [0.29, 0.717) is 11.2 Å². The van der Waals surface area contributed by atoms with Crippen LogP contribution in [0.15, 0.2) is 53.1 Å². The van der Waals surface area contributed by atoms with Crippen LogP contribution in [-0.4, -0.2) is 34.4 Å². The summed E-state index contributed by atoms with van der Waals surface area (Å²) >= 11 is 9.01. The molecule has 0 amide bonds. The molecule has 0 unspecified atom stereocenters. The number of hydrogen-bond donors (Lipinski definition) is 2. The Morgan fingerprint density at radius 2 is 1.89 bits per heavy atom. The highest BCUT2D eigenvalue weighted by Crippen LogP contribution is 2.28. The lowest BCUT2D eigenvalue weighted by Gasteiger charge is -2.34. The lowest BCUT2D eigenvalue weighted by atomic mass is 10.0. The van der Waals surface area contributed by atoms with Crippen LogP contribution in [0, 0.1) is 6.92 Å². The number of aryl methyl sites for hydroxylation is 1. The van der Waals surface area contributed by atoms with Gasteiger partial charge in [-0.15, -0.1) is 5.10 Å². The smallest absolute Gasteiger partial charge is 0.170 e. The molecule has 1 fully saturated rings. The van der Waals surface area contributed by atoms with Gasteiger partial charge in [-0.1, -0.05) is 33.6 Å². The minimum absolute atomic E-state index is 0.360. The molecule has 2 N–H and O–H groups in total. The topological polar surface area (TPSA) is 53.1 Å². The molecule has 1 aromatic heterocycles. The van der Waals surface area contributed by atoms with E-state index in [1.54, 1.807) is 0 Å². The highest BCUT2D eigenvalue weighted by molar-refractivity contribution is 9.10. The first kappa shape index (κ1) is 19.1. The van der Waals surface area contributed by atoms with Crippen molar-refractivity contribution in [1.29, 1.82) is 0 Å². The Kier molecular flexibility index (Phi) is 5.73. The van der Waals surface area contributed by atoms with Gasteiger partial charge >= 0.3 is 0 Å². The number of aromatic nitrogens is 2. The summed E-state index contributed by atoms with van der Waals surface area (Å²) in [6.45, 7) is 3.93. The fourth-order valence-corrected chi connectivity index (χ4v) is 4.17. The normalized spacial score (nSPS) is 14.9. The average Bonchev–Trinajstić information content (AvgIpc) is 2.70. The third kappa shape index (κ3) is 4.42. The van der Waals surface area contributed by atoms with Crippen LogP contribution >= 0.6 is 28.1 Å². The largest absolute Gasteiger partial charge is 0.360 e. The SMILES string of the molecule is Cc1ccc(NC(=S)NC2CCN(c3nncc4cc(Br)ccc34)CC2)cc1. The van der Waals surface area contributed by atoms with E-state index in [1.165, 1.54) is 5.56 Å². The van der Waals surface area contributed by atoms with E-state index in [9.17, 15) is 0 Å². The minimum atomic E-state index is 0.360. The number of piperidine rings is 1. The van der Waals surface area contributed by atoms with Gasteiger partial charge in [-0.3, -0.25) is 0 Å². The Bertz CT molecular complexity index is 984. The number of anilines is 2. The fourth-order valence-electron chi connectivity index (χ4n) is 3.50. The molecule has 0 spiro atoms. The van der Waals surface area contributed by atoms with Crippen LogP contribution in [-0.2, 0) is 0 Å². The number of rotatable bonds is 3. The van der Waals surface area contributed by atoms with Gasteiger partial charge in [0, 0.05) is 40.1 Å². The summed E-state index contributed by atoms with van der Waals surface area (Å²) < 4.78 is 1.05. The van der Waals surface area contributed by atoms with Crippen LogP contribution in [0.1, 0.15) is 18.4 Å². The molecule has 2 aromatic carbocycles. The molecular weight excluding hydrogens is 434 g/mol. The van der Waals surface area contributed by atoms with E-state index in [2.05, 4.69) is 78.9 Å². The van der Waals surface area contributed by atoms with Gasteiger partial charge in [-0.2, -0.15) is 5.10 Å². The van der Waals surface area contributed by atoms with Crippen molar-refractivity contribution in [3.8, 4) is 0 Å². The third-order valence-corrected chi connectivity index (χ3v) is 5.76. The fraction of sp³-hybridized carbons (Fsp3) is 0.286. The molecule has 1 saturated heterocycles. The molecule has 3 aromatic rings. The average molecular weight is 456 g/mol. The number of benzene rings is 2. The number of nitrogens with one attached hydrogen (secondary N) is 2. The lowest BCUT2D eigenvalue weighted by Crippen LogP contribution is -2.46. The molecule has 7 heteroatoms. The minimum Gasteiger partial charge on any atom is -0.360 e. The molecule has 0 saturated carbocycles. The zero-order valence-corrected chi connectivity index (χ0v) is 18.1. The Morgan fingerprint density at radius 1 is 1.14 bits per heavy atom. The molecule has 0 aliphatic carbocycles. The second kappa shape index (κ2) is 8.41. The van der Waals surface area contributed by atoms with E-state index >= 15 is 0 Å². The second-order valence-corrected chi connectivity index (χ2v) is 8.45. The van der Waals surface area contributed by atoms with Gasteiger partial charge in [0.05, 0.1) is 6.20 Å². The van der Waals surface area contributed by atoms with Crippen molar-refractivity contribution in [2.45, 2.75) is 25.8 Å². The molecule has 1 aliphatic rings. The summed E-state index contributed by atoms with van der Waals surface area (Å²) in [7, 11) is 0. The maximum absolute atomic E-state index is 5.49. The first-order chi connectivity index (χ1) is 13.6. The Hall–Kier alpha value is -2.25. The van der Waals surface area contributed by atoms with Crippen molar-refractivity contribution in [3.63, 3.8) is 0 Å². The summed E-state index contributed by atoms with van der Waals surface area (Å²) in [6, 6.07) is 14.8. The van der Waals surface area contributed by atoms with Gasteiger partial charge in [-0.05, 0) is 62.3 Å². The molecule has 5 nitrogen and oxygen atoms in total. The summed E-state index contributed by atoms with van der Waals surface area (Å²) in [5, 5.41) is 18.2. The van der Waals surface area contributed by atoms with E-state index in [1.807, 2.05) is 18.3 Å². The van der Waals surface area contributed by atoms with Crippen LogP contribution in [0.25, 0.3) is 10.8 Å². The predicted molar refractivity (Wildman–Crippen MR) is 123 cm³/mol. The lowest BCUT2D eigenvalue weighted by molar-refractivity contribution is 0.466. The Balaban J connectivity index is 1.36. The van der Waals surface area contributed by atoms with Crippen molar-refractivity contribution < 1.29 is 0 Å². The van der Waals surface area contributed by atoms with Crippen molar-refractivity contribution in [3.05, 3.63) is 58.7 Å². The maximum atomic E-state index is 5.49. The summed E-state index contributed by atoms with van der Waals surface area (Å²) in [6.07, 6.45) is 3.82. The Morgan fingerprint density at radius 3 is 2.64 bits per heavy atom. The first-order valence-corrected chi connectivity index (χ1v) is 10.6. The van der Waals surface area contributed by atoms with Crippen molar-refractivity contribution in [1.82, 2.24) is 15.5 Å². The van der Waals surface area contributed by atoms with Crippen LogP contribution in [0.4, 0.5) is 11.5 Å². The van der Waals surface area contributed by atoms with Crippen LogP contribution in [0.5, 0.6) is 0 Å². The standard InChI is InChI=1S/C21H22BrN5S/c1-14-2-5-17(6-3-14)24-21(28)25-18-8-10-27(11-9-18)20-19-7-4-16(22)12-15(19)13-23-26-20/h2-7,12-13,18H,8-11H2,1H3,(H2,24,25,28). The quantitative estimate of drug-likeness (QED) is 0.560. The number of fused-ring (bicyclic) bond motifs is 1. The van der Waals surface area contributed by atoms with E-state index in [-0.39, 0.29) is 0 Å². The number of thiocarbonyl (C=S) groups is 1. The maximum Gasteiger partial charge on any atom is 0.170 e. The van der Waals surface area contributed by atoms with Crippen LogP contribution < -0.4 is 15.5 Å². The molecular formula is C21H22BrN5S. The van der Waals surface area contributed by atoms with Crippen LogP contribution in [0.2, 0.25) is 0 Å². The summed E-state index contributed by atoms with van der Waals surface area (Å²) in [5.74, 6) is 0.962. The molecule has 2 heterocycles. The number of nitrogens with zero attached hydrogens (tertiary/aromatic N) is 3. The highest BCUT2D eigenvalue weighted by Gasteiger charge is 2.22. The molecule has 0 atom stereocenters. The predicted octanol–water partition coefficient (Wildman–Crippen LogP) is 4.66. The molecule has 0 bridgehead atoms. The van der Waals surface area contributed by atoms with Crippen molar-refractivity contribution in [2.75, 3.05) is 23.3 Å². The van der Waals surface area contributed by atoms with Gasteiger partial charge in [0.25, 0.3) is 0 Å². The first-order valence-electron chi connectivity index (χ1n) is 9.38. The molecule has 1 aliphatic heterocycles. The number of hydrogen-bond acceptors (Lipinski definition) is 4. The van der Waals surface area contributed by atoms with Gasteiger partial charge in [0.15, 0.2) is 10.9 Å². The van der Waals surface area contributed by atoms with Crippen molar-refractivity contribution >= 4 is 55.5 Å². The van der Waals surface area contributed by atoms with Gasteiger partial charge < -0.3 is 15.5 Å². The monoisotopic (exact) mass is 455 g/mol. The van der Waals surface area contributed by atoms with Crippen LogP contribution in [0.3, 0.4) is 0 Å². The highest BCUT2D eigenvalue weighted by atomic mass is 79.9. The van der Waals surface area contributed by atoms with Crippen molar-refractivity contribution in [2.24, 2.45) is 0 Å². The molecule has 4 rings (SSSR count). The zero-order valence-electron chi connectivity index (χ0n) is 15.7. The summed E-state index contributed by atoms with van der Waals surface area (Å²) in [5.41, 5.74) is 2.25. The summed E-state index contributed by atoms with van der Waals surface area (Å²) in [4.78, 5) is 2.32. The molecule has 0 radical (unpaired) electrons. The van der Waals surface area contributed by atoms with Gasteiger partial charge in [0.2, 0.25) is 0 Å². The van der Waals surface area contributed by atoms with Gasteiger partial charge in [0.1, 0.15) is 0 Å². The molecule has 144 valence electrons. The van der Waals surface area contributed by atoms with Gasteiger partial charge in [-0.25, -0.2) is 0 Å². The zero-order chi connectivity index (χ0) is 19.5. The Labute approximate surface area is 178 Å². The third-order valence-electron chi connectivity index (χ3n) is 5.04. The van der Waals surface area contributed by atoms with E-state index in [4.69, 9.17) is 12.2 Å². The second-order valence-electron chi connectivity index (χ2n) is 7.13. The van der Waals surface area contributed by atoms with E-state index in [0.717, 1.165) is 52.7 Å².